The van der Waals surface area contributed by atoms with Crippen molar-refractivity contribution in [2.24, 2.45) is 0 Å². The van der Waals surface area contributed by atoms with Crippen molar-refractivity contribution in [2.75, 3.05) is 13.1 Å². The Kier molecular flexibility index (Phi) is 4.98. The van der Waals surface area contributed by atoms with E-state index in [-0.39, 0.29) is 12.4 Å². The molecule has 2 unspecified atom stereocenters. The van der Waals surface area contributed by atoms with Crippen molar-refractivity contribution in [3.63, 3.8) is 0 Å². The number of rotatable bonds is 2. The summed E-state index contributed by atoms with van der Waals surface area (Å²) in [5, 5.41) is 3.52. The average Bonchev–Trinajstić information content (AvgIpc) is 2.67. The molecular weight excluding hydrogens is 308 g/mol. The third-order valence-electron chi connectivity index (χ3n) is 4.43. The Balaban J connectivity index is 0.00000161. The molecule has 4 nitrogen and oxygen atoms in total. The minimum Gasteiger partial charge on any atom is -0.310 e. The van der Waals surface area contributed by atoms with Gasteiger partial charge in [0, 0.05) is 25.2 Å². The van der Waals surface area contributed by atoms with Crippen LogP contribution in [-0.4, -0.2) is 37.9 Å². The molecule has 0 spiro atoms. The molecule has 2 aliphatic heterocycles. The molecule has 1 N–H and O–H groups in total. The van der Waals surface area contributed by atoms with E-state index in [1.54, 1.807) is 10.4 Å². The van der Waals surface area contributed by atoms with Crippen LogP contribution < -0.4 is 5.32 Å². The first-order valence-corrected chi connectivity index (χ1v) is 8.74. The first-order valence-electron chi connectivity index (χ1n) is 7.30. The Morgan fingerprint density at radius 1 is 1.14 bits per heavy atom. The van der Waals surface area contributed by atoms with Crippen LogP contribution in [0.15, 0.2) is 23.1 Å². The van der Waals surface area contributed by atoms with E-state index in [0.29, 0.717) is 30.1 Å². The minimum absolute atomic E-state index is 0. The summed E-state index contributed by atoms with van der Waals surface area (Å²) in [6.07, 6.45) is 3.19. The summed E-state index contributed by atoms with van der Waals surface area (Å²) in [5.74, 6) is 0. The highest BCUT2D eigenvalue weighted by Gasteiger charge is 2.35. The molecule has 2 saturated heterocycles. The summed E-state index contributed by atoms with van der Waals surface area (Å²) in [5.41, 5.74) is 1.94. The second-order valence-electron chi connectivity index (χ2n) is 6.06. The van der Waals surface area contributed by atoms with Crippen LogP contribution in [-0.2, 0) is 10.0 Å². The quantitative estimate of drug-likeness (QED) is 0.904. The van der Waals surface area contributed by atoms with Gasteiger partial charge in [-0.25, -0.2) is 8.42 Å². The highest BCUT2D eigenvalue weighted by molar-refractivity contribution is 7.89. The second-order valence-corrected chi connectivity index (χ2v) is 7.96. The minimum atomic E-state index is -3.36. The lowest BCUT2D eigenvalue weighted by molar-refractivity contribution is 0.383. The van der Waals surface area contributed by atoms with E-state index in [1.807, 2.05) is 26.0 Å². The van der Waals surface area contributed by atoms with Crippen molar-refractivity contribution >= 4 is 22.4 Å². The van der Waals surface area contributed by atoms with E-state index in [9.17, 15) is 8.42 Å². The van der Waals surface area contributed by atoms with Crippen LogP contribution in [0, 0.1) is 13.8 Å². The zero-order valence-electron chi connectivity index (χ0n) is 12.5. The summed E-state index contributed by atoms with van der Waals surface area (Å²) in [6, 6.07) is 6.38. The monoisotopic (exact) mass is 330 g/mol. The predicted octanol–water partition coefficient (Wildman–Crippen LogP) is 2.24. The van der Waals surface area contributed by atoms with Gasteiger partial charge in [-0.15, -0.1) is 12.4 Å². The van der Waals surface area contributed by atoms with Crippen LogP contribution in [0.3, 0.4) is 0 Å². The second kappa shape index (κ2) is 6.24. The smallest absolute Gasteiger partial charge is 0.243 e. The van der Waals surface area contributed by atoms with E-state index in [4.69, 9.17) is 0 Å². The summed E-state index contributed by atoms with van der Waals surface area (Å²) in [6.45, 7) is 5.09. The van der Waals surface area contributed by atoms with E-state index < -0.39 is 10.0 Å². The molecule has 2 atom stereocenters. The molecule has 2 fully saturated rings. The van der Waals surface area contributed by atoms with Crippen molar-refractivity contribution in [1.29, 1.82) is 0 Å². The molecule has 2 bridgehead atoms. The Bertz CT molecular complexity index is 618. The van der Waals surface area contributed by atoms with Gasteiger partial charge in [0.25, 0.3) is 0 Å². The number of sulfonamides is 1. The molecule has 0 saturated carbocycles. The molecule has 0 amide bonds. The van der Waals surface area contributed by atoms with E-state index in [0.717, 1.165) is 24.0 Å². The average molecular weight is 331 g/mol. The lowest BCUT2D eigenvalue weighted by Gasteiger charge is -2.24. The fourth-order valence-corrected chi connectivity index (χ4v) is 5.06. The number of halogens is 1. The number of nitrogens with zero attached hydrogens (tertiary/aromatic N) is 1. The van der Waals surface area contributed by atoms with Gasteiger partial charge < -0.3 is 5.32 Å². The highest BCUT2D eigenvalue weighted by atomic mass is 35.5. The summed E-state index contributed by atoms with van der Waals surface area (Å²) >= 11 is 0. The zero-order chi connectivity index (χ0) is 14.3. The van der Waals surface area contributed by atoms with Crippen molar-refractivity contribution in [1.82, 2.24) is 9.62 Å². The number of hydrogen-bond donors (Lipinski definition) is 1. The summed E-state index contributed by atoms with van der Waals surface area (Å²) in [4.78, 5) is 0.459. The third-order valence-corrected chi connectivity index (χ3v) is 6.46. The van der Waals surface area contributed by atoms with E-state index in [2.05, 4.69) is 5.32 Å². The molecule has 2 aliphatic rings. The van der Waals surface area contributed by atoms with Gasteiger partial charge in [0.1, 0.15) is 0 Å². The molecule has 0 aromatic heterocycles. The van der Waals surface area contributed by atoms with Gasteiger partial charge >= 0.3 is 0 Å². The van der Waals surface area contributed by atoms with Gasteiger partial charge in [-0.05, 0) is 44.7 Å². The molecule has 0 radical (unpaired) electrons. The summed E-state index contributed by atoms with van der Waals surface area (Å²) < 4.78 is 27.4. The Hall–Kier alpha value is -0.620. The Labute approximate surface area is 133 Å². The molecule has 118 valence electrons. The largest absolute Gasteiger partial charge is 0.310 e. The third kappa shape index (κ3) is 3.26. The van der Waals surface area contributed by atoms with Crippen LogP contribution in [0.5, 0.6) is 0 Å². The van der Waals surface area contributed by atoms with Crippen molar-refractivity contribution in [3.05, 3.63) is 29.3 Å². The molecule has 0 aliphatic carbocycles. The number of fused-ring (bicyclic) bond motifs is 2. The predicted molar refractivity (Wildman–Crippen MR) is 86.5 cm³/mol. The van der Waals surface area contributed by atoms with Crippen LogP contribution in [0.25, 0.3) is 0 Å². The van der Waals surface area contributed by atoms with Crippen molar-refractivity contribution < 1.29 is 8.42 Å². The molecule has 1 aromatic carbocycles. The highest BCUT2D eigenvalue weighted by Crippen LogP contribution is 2.26. The fourth-order valence-electron chi connectivity index (χ4n) is 3.36. The van der Waals surface area contributed by atoms with Gasteiger partial charge in [0.15, 0.2) is 0 Å². The molecule has 2 heterocycles. The first-order chi connectivity index (χ1) is 9.46. The number of nitrogens with one attached hydrogen (secondary N) is 1. The van der Waals surface area contributed by atoms with Crippen LogP contribution in [0.4, 0.5) is 0 Å². The van der Waals surface area contributed by atoms with Crippen molar-refractivity contribution in [3.8, 4) is 0 Å². The van der Waals surface area contributed by atoms with Gasteiger partial charge in [-0.3, -0.25) is 0 Å². The fraction of sp³-hybridized carbons (Fsp3) is 0.600. The topological polar surface area (TPSA) is 49.4 Å². The van der Waals surface area contributed by atoms with E-state index in [1.165, 1.54) is 6.42 Å². The number of hydrogen-bond acceptors (Lipinski definition) is 3. The SMILES string of the molecule is Cc1ccc(S(=O)(=O)N2CCC3CCC(C2)N3)c(C)c1.Cl. The zero-order valence-corrected chi connectivity index (χ0v) is 14.1. The Morgan fingerprint density at radius 2 is 1.86 bits per heavy atom. The molecule has 6 heteroatoms. The lowest BCUT2D eigenvalue weighted by atomic mass is 10.1. The van der Waals surface area contributed by atoms with Gasteiger partial charge in [0.2, 0.25) is 10.0 Å². The maximum absolute atomic E-state index is 12.8. The van der Waals surface area contributed by atoms with Crippen LogP contribution in [0.2, 0.25) is 0 Å². The normalized spacial score (nSPS) is 26.2. The first kappa shape index (κ1) is 16.7. The molecular formula is C15H23ClN2O2S. The molecule has 1 aromatic rings. The molecule has 3 rings (SSSR count). The maximum Gasteiger partial charge on any atom is 0.243 e. The van der Waals surface area contributed by atoms with Gasteiger partial charge in [0.05, 0.1) is 4.90 Å². The van der Waals surface area contributed by atoms with Crippen LogP contribution >= 0.6 is 12.4 Å². The maximum atomic E-state index is 12.8. The number of aryl methyl sites for hydroxylation is 2. The van der Waals surface area contributed by atoms with Crippen LogP contribution in [0.1, 0.15) is 30.4 Å². The standard InChI is InChI=1S/C15H22N2O2S.ClH/c1-11-3-6-15(12(2)9-11)20(18,19)17-8-7-13-4-5-14(10-17)16-13;/h3,6,9,13-14,16H,4-5,7-8,10H2,1-2H3;1H. The number of benzene rings is 1. The molecule has 21 heavy (non-hydrogen) atoms. The lowest BCUT2D eigenvalue weighted by Crippen LogP contribution is -2.39. The van der Waals surface area contributed by atoms with E-state index >= 15 is 0 Å². The van der Waals surface area contributed by atoms with Gasteiger partial charge in [-0.2, -0.15) is 4.31 Å². The van der Waals surface area contributed by atoms with Crippen molar-refractivity contribution in [2.45, 2.75) is 50.1 Å². The van der Waals surface area contributed by atoms with Gasteiger partial charge in [-0.1, -0.05) is 17.7 Å². The Morgan fingerprint density at radius 3 is 2.57 bits per heavy atom. The summed E-state index contributed by atoms with van der Waals surface area (Å²) in [7, 11) is -3.36.